The van der Waals surface area contributed by atoms with E-state index >= 15 is 0 Å². The lowest BCUT2D eigenvalue weighted by molar-refractivity contribution is -0.119. The lowest BCUT2D eigenvalue weighted by Crippen LogP contribution is -2.41. The molecule has 0 bridgehead atoms. The fourth-order valence-electron chi connectivity index (χ4n) is 2.08. The fraction of sp³-hybridized carbons (Fsp3) is 0.400. The van der Waals surface area contributed by atoms with Gasteiger partial charge in [-0.25, -0.2) is 19.6 Å². The molecule has 1 aliphatic rings. The van der Waals surface area contributed by atoms with Crippen LogP contribution in [-0.2, 0) is 4.79 Å². The minimum absolute atomic E-state index is 0.120. The van der Waals surface area contributed by atoms with E-state index in [-0.39, 0.29) is 11.6 Å². The first-order chi connectivity index (χ1) is 8.54. The molecule has 2 rings (SSSR count). The maximum atomic E-state index is 13.7. The van der Waals surface area contributed by atoms with Crippen LogP contribution in [0.1, 0.15) is 12.8 Å². The van der Waals surface area contributed by atoms with E-state index in [9.17, 15) is 13.6 Å². The van der Waals surface area contributed by atoms with Crippen LogP contribution in [0.5, 0.6) is 0 Å². The Bertz CT molecular complexity index is 482. The summed E-state index contributed by atoms with van der Waals surface area (Å²) in [5.74, 6) is 2.38. The van der Waals surface area contributed by atoms with E-state index in [4.69, 9.17) is 11.6 Å². The van der Waals surface area contributed by atoms with E-state index in [1.165, 1.54) is 4.90 Å². The van der Waals surface area contributed by atoms with Crippen LogP contribution >= 0.6 is 0 Å². The van der Waals surface area contributed by atoms with E-state index in [1.807, 2.05) is 5.43 Å². The number of primary amides is 1. The summed E-state index contributed by atoms with van der Waals surface area (Å²) < 4.78 is 26.9. The molecule has 1 atom stereocenters. The van der Waals surface area contributed by atoms with Crippen LogP contribution in [0.3, 0.4) is 0 Å². The van der Waals surface area contributed by atoms with Gasteiger partial charge in [-0.2, -0.15) is 0 Å². The number of nitrogens with zero attached hydrogens (tertiary/aromatic N) is 2. The number of halogens is 2. The van der Waals surface area contributed by atoms with Crippen LogP contribution in [0.25, 0.3) is 0 Å². The second-order valence-corrected chi connectivity index (χ2v) is 4.02. The van der Waals surface area contributed by atoms with E-state index in [0.717, 1.165) is 0 Å². The molecular weight excluding hydrogens is 244 g/mol. The highest BCUT2D eigenvalue weighted by molar-refractivity contribution is 5.84. The van der Waals surface area contributed by atoms with Crippen molar-refractivity contribution in [2.75, 3.05) is 16.9 Å². The van der Waals surface area contributed by atoms with Gasteiger partial charge < -0.3 is 16.1 Å². The van der Waals surface area contributed by atoms with Gasteiger partial charge in [0.2, 0.25) is 5.91 Å². The average Bonchev–Trinajstić information content (AvgIpc) is 2.78. The van der Waals surface area contributed by atoms with Gasteiger partial charge in [-0.05, 0) is 12.8 Å². The largest absolute Gasteiger partial charge is 0.368 e. The zero-order valence-corrected chi connectivity index (χ0v) is 9.49. The molecule has 6 nitrogen and oxygen atoms in total. The molecule has 1 saturated heterocycles. The number of hydrazine groups is 1. The molecule has 0 aliphatic carbocycles. The summed E-state index contributed by atoms with van der Waals surface area (Å²) in [5, 5.41) is 0. The first kappa shape index (κ1) is 12.5. The first-order valence-electron chi connectivity index (χ1n) is 5.43. The molecular formula is C10H13F2N5O. The van der Waals surface area contributed by atoms with E-state index in [1.54, 1.807) is 0 Å². The minimum atomic E-state index is -0.895. The number of carbonyl (C=O) groups excluding carboxylic acids is 1. The molecule has 1 amide bonds. The highest BCUT2D eigenvalue weighted by atomic mass is 19.1. The first-order valence-corrected chi connectivity index (χ1v) is 5.43. The van der Waals surface area contributed by atoms with Crippen LogP contribution in [0.4, 0.5) is 20.4 Å². The van der Waals surface area contributed by atoms with Crippen LogP contribution in [-0.4, -0.2) is 23.5 Å². The Morgan fingerprint density at radius 1 is 1.50 bits per heavy atom. The van der Waals surface area contributed by atoms with Crippen molar-refractivity contribution < 1.29 is 13.6 Å². The van der Waals surface area contributed by atoms with Crippen LogP contribution in [0.15, 0.2) is 6.07 Å². The van der Waals surface area contributed by atoms with Crippen molar-refractivity contribution in [3.05, 3.63) is 17.7 Å². The SMILES string of the molecule is NNc1nc(N2CCCC2C(N)=O)c(F)cc1F. The van der Waals surface area contributed by atoms with Gasteiger partial charge in [0.25, 0.3) is 0 Å². The van der Waals surface area contributed by atoms with Gasteiger partial charge in [-0.3, -0.25) is 4.79 Å². The third kappa shape index (κ3) is 2.06. The molecule has 1 unspecified atom stereocenters. The molecule has 0 radical (unpaired) electrons. The van der Waals surface area contributed by atoms with Crippen molar-refractivity contribution in [2.45, 2.75) is 18.9 Å². The summed E-state index contributed by atoms with van der Waals surface area (Å²) in [4.78, 5) is 16.4. The summed E-state index contributed by atoms with van der Waals surface area (Å²) in [7, 11) is 0. The van der Waals surface area contributed by atoms with Crippen LogP contribution in [0, 0.1) is 11.6 Å². The van der Waals surface area contributed by atoms with Crippen molar-refractivity contribution >= 4 is 17.5 Å². The normalized spacial score (nSPS) is 19.1. The third-order valence-electron chi connectivity index (χ3n) is 2.90. The molecule has 0 aromatic carbocycles. The van der Waals surface area contributed by atoms with E-state index in [2.05, 4.69) is 4.98 Å². The predicted molar refractivity (Wildman–Crippen MR) is 61.5 cm³/mol. The number of carbonyl (C=O) groups is 1. The summed E-state index contributed by atoms with van der Waals surface area (Å²) >= 11 is 0. The highest BCUT2D eigenvalue weighted by Gasteiger charge is 2.32. The fourth-order valence-corrected chi connectivity index (χ4v) is 2.08. The Morgan fingerprint density at radius 3 is 2.83 bits per heavy atom. The Hall–Kier alpha value is -1.96. The molecule has 0 saturated carbocycles. The van der Waals surface area contributed by atoms with E-state index in [0.29, 0.717) is 25.5 Å². The Balaban J connectivity index is 2.41. The Kier molecular flexibility index (Phi) is 3.28. The van der Waals surface area contributed by atoms with Gasteiger partial charge in [0.05, 0.1) is 0 Å². The van der Waals surface area contributed by atoms with E-state index < -0.39 is 23.6 Å². The van der Waals surface area contributed by atoms with Gasteiger partial charge in [-0.15, -0.1) is 0 Å². The molecule has 18 heavy (non-hydrogen) atoms. The van der Waals surface area contributed by atoms with Crippen LogP contribution < -0.4 is 21.9 Å². The number of rotatable bonds is 3. The summed E-state index contributed by atoms with van der Waals surface area (Å²) in [5.41, 5.74) is 7.27. The minimum Gasteiger partial charge on any atom is -0.368 e. The Labute approximate surface area is 102 Å². The topological polar surface area (TPSA) is 97.3 Å². The van der Waals surface area contributed by atoms with Crippen molar-refractivity contribution in [3.8, 4) is 0 Å². The second-order valence-electron chi connectivity index (χ2n) is 4.02. The molecule has 0 spiro atoms. The number of nitrogen functional groups attached to an aromatic ring is 1. The number of hydrogen-bond donors (Lipinski definition) is 3. The third-order valence-corrected chi connectivity index (χ3v) is 2.90. The molecule has 1 aromatic rings. The summed E-state index contributed by atoms with van der Waals surface area (Å²) in [6.07, 6.45) is 1.22. The van der Waals surface area contributed by atoms with Crippen molar-refractivity contribution in [1.29, 1.82) is 0 Å². The number of pyridine rings is 1. The van der Waals surface area contributed by atoms with Gasteiger partial charge in [-0.1, -0.05) is 0 Å². The van der Waals surface area contributed by atoms with Gasteiger partial charge in [0.1, 0.15) is 6.04 Å². The maximum Gasteiger partial charge on any atom is 0.240 e. The lowest BCUT2D eigenvalue weighted by Gasteiger charge is -2.24. The molecule has 2 heterocycles. The quantitative estimate of drug-likeness (QED) is 0.527. The molecule has 1 aromatic heterocycles. The summed E-state index contributed by atoms with van der Waals surface area (Å²) in [6, 6.07) is 0.0524. The number of aromatic nitrogens is 1. The Morgan fingerprint density at radius 2 is 2.22 bits per heavy atom. The zero-order valence-electron chi connectivity index (χ0n) is 9.49. The predicted octanol–water partition coefficient (Wildman–Crippen LogP) is 0.0995. The molecule has 8 heteroatoms. The van der Waals surface area contributed by atoms with Gasteiger partial charge in [0.15, 0.2) is 23.3 Å². The van der Waals surface area contributed by atoms with Crippen molar-refractivity contribution in [2.24, 2.45) is 11.6 Å². The smallest absolute Gasteiger partial charge is 0.240 e. The number of nitrogens with one attached hydrogen (secondary N) is 1. The molecule has 5 N–H and O–H groups in total. The van der Waals surface area contributed by atoms with Crippen molar-refractivity contribution in [1.82, 2.24) is 4.98 Å². The molecule has 1 fully saturated rings. The second kappa shape index (κ2) is 4.73. The lowest BCUT2D eigenvalue weighted by atomic mass is 10.2. The summed E-state index contributed by atoms with van der Waals surface area (Å²) in [6.45, 7) is 0.438. The number of nitrogens with two attached hydrogens (primary N) is 2. The number of hydrogen-bond acceptors (Lipinski definition) is 5. The highest BCUT2D eigenvalue weighted by Crippen LogP contribution is 2.28. The van der Waals surface area contributed by atoms with Gasteiger partial charge >= 0.3 is 0 Å². The monoisotopic (exact) mass is 257 g/mol. The standard InChI is InChI=1S/C10H13F2N5O/c11-5-4-6(12)10(15-9(5)16-14)17-3-1-2-7(17)8(13)18/h4,7H,1-3,14H2,(H2,13,18)(H,15,16). The van der Waals surface area contributed by atoms with Crippen molar-refractivity contribution in [3.63, 3.8) is 0 Å². The molecule has 1 aliphatic heterocycles. The number of anilines is 2. The average molecular weight is 257 g/mol. The molecule has 98 valence electrons. The number of amides is 1. The maximum absolute atomic E-state index is 13.7. The zero-order chi connectivity index (χ0) is 13.3. The van der Waals surface area contributed by atoms with Gasteiger partial charge in [0, 0.05) is 12.6 Å². The van der Waals surface area contributed by atoms with Crippen LogP contribution in [0.2, 0.25) is 0 Å².